The van der Waals surface area contributed by atoms with Crippen LogP contribution in [0.2, 0.25) is 5.02 Å². The van der Waals surface area contributed by atoms with Crippen LogP contribution >= 0.6 is 11.6 Å². The van der Waals surface area contributed by atoms with Crippen molar-refractivity contribution in [2.45, 2.75) is 32.3 Å². The third-order valence-electron chi connectivity index (χ3n) is 4.38. The van der Waals surface area contributed by atoms with Crippen LogP contribution in [0.4, 0.5) is 0 Å². The van der Waals surface area contributed by atoms with Crippen LogP contribution < -0.4 is 0 Å². The Hall–Kier alpha value is -0.910. The standard InChI is InChI=1S/C19H25ClO4/c1-2-3-14-10-21-18(22-11-14)9-4-15-12-23-19(24-13-15)16-5-7-17(20)8-6-16/h2-3,5-8,14-15,18-19H,4,9-13H2,1H3/b3-2+. The van der Waals surface area contributed by atoms with Gasteiger partial charge in [0.1, 0.15) is 0 Å². The summed E-state index contributed by atoms with van der Waals surface area (Å²) in [5.41, 5.74) is 1.01. The Morgan fingerprint density at radius 3 is 2.25 bits per heavy atom. The molecule has 2 aliphatic rings. The Morgan fingerprint density at radius 2 is 1.62 bits per heavy atom. The Labute approximate surface area is 148 Å². The van der Waals surface area contributed by atoms with Crippen molar-refractivity contribution in [2.24, 2.45) is 11.8 Å². The van der Waals surface area contributed by atoms with E-state index in [4.69, 9.17) is 30.5 Å². The minimum absolute atomic E-state index is 0.0968. The normalized spacial score (nSPS) is 31.4. The second kappa shape index (κ2) is 8.97. The topological polar surface area (TPSA) is 36.9 Å². The Balaban J connectivity index is 1.36. The van der Waals surface area contributed by atoms with E-state index >= 15 is 0 Å². The summed E-state index contributed by atoms with van der Waals surface area (Å²) in [6.07, 6.45) is 5.65. The molecule has 0 N–H and O–H groups in total. The van der Waals surface area contributed by atoms with Gasteiger partial charge in [0.05, 0.1) is 26.4 Å². The number of rotatable bonds is 5. The molecule has 0 bridgehead atoms. The molecule has 24 heavy (non-hydrogen) atoms. The van der Waals surface area contributed by atoms with Crippen molar-refractivity contribution < 1.29 is 18.9 Å². The van der Waals surface area contributed by atoms with E-state index in [0.717, 1.165) is 36.6 Å². The van der Waals surface area contributed by atoms with Gasteiger partial charge in [-0.15, -0.1) is 0 Å². The van der Waals surface area contributed by atoms with Gasteiger partial charge >= 0.3 is 0 Å². The van der Waals surface area contributed by atoms with E-state index in [0.29, 0.717) is 25.0 Å². The van der Waals surface area contributed by atoms with Gasteiger partial charge in [-0.2, -0.15) is 0 Å². The second-order valence-corrected chi connectivity index (χ2v) is 6.81. The molecule has 4 nitrogen and oxygen atoms in total. The molecule has 2 fully saturated rings. The maximum Gasteiger partial charge on any atom is 0.183 e. The van der Waals surface area contributed by atoms with Crippen molar-refractivity contribution in [1.29, 1.82) is 0 Å². The van der Waals surface area contributed by atoms with Crippen LogP contribution in [-0.2, 0) is 18.9 Å². The lowest BCUT2D eigenvalue weighted by Crippen LogP contribution is -2.33. The van der Waals surface area contributed by atoms with Gasteiger partial charge in [-0.05, 0) is 31.9 Å². The van der Waals surface area contributed by atoms with Gasteiger partial charge in [-0.3, -0.25) is 0 Å². The van der Waals surface area contributed by atoms with Crippen molar-refractivity contribution in [3.63, 3.8) is 0 Å². The first kappa shape index (κ1) is 17.9. The zero-order valence-electron chi connectivity index (χ0n) is 14.0. The molecule has 0 amide bonds. The smallest absolute Gasteiger partial charge is 0.183 e. The average molecular weight is 353 g/mol. The molecule has 0 radical (unpaired) electrons. The maximum atomic E-state index is 5.91. The molecule has 1 aromatic carbocycles. The predicted octanol–water partition coefficient (Wildman–Crippen LogP) is 4.35. The van der Waals surface area contributed by atoms with Gasteiger partial charge in [0.25, 0.3) is 0 Å². The number of allylic oxidation sites excluding steroid dienone is 1. The third kappa shape index (κ3) is 5.04. The van der Waals surface area contributed by atoms with Crippen molar-refractivity contribution in [3.8, 4) is 0 Å². The van der Waals surface area contributed by atoms with Gasteiger partial charge in [-0.25, -0.2) is 0 Å². The molecule has 0 spiro atoms. The fourth-order valence-corrected chi connectivity index (χ4v) is 3.13. The van der Waals surface area contributed by atoms with E-state index in [9.17, 15) is 0 Å². The lowest BCUT2D eigenvalue weighted by atomic mass is 10.0. The Morgan fingerprint density at radius 1 is 0.958 bits per heavy atom. The largest absolute Gasteiger partial charge is 0.352 e. The molecule has 132 valence electrons. The number of hydrogen-bond donors (Lipinski definition) is 0. The molecule has 2 saturated heterocycles. The first-order valence-electron chi connectivity index (χ1n) is 8.59. The zero-order valence-corrected chi connectivity index (χ0v) is 14.8. The maximum absolute atomic E-state index is 5.91. The molecule has 5 heteroatoms. The summed E-state index contributed by atoms with van der Waals surface area (Å²) in [4.78, 5) is 0. The first-order chi connectivity index (χ1) is 11.7. The van der Waals surface area contributed by atoms with Gasteiger partial charge in [0.2, 0.25) is 0 Å². The summed E-state index contributed by atoms with van der Waals surface area (Å²) >= 11 is 5.91. The molecule has 0 saturated carbocycles. The number of ether oxygens (including phenoxy) is 4. The van der Waals surface area contributed by atoms with Gasteiger partial charge in [0, 0.05) is 22.4 Å². The summed E-state index contributed by atoms with van der Waals surface area (Å²) in [7, 11) is 0. The lowest BCUT2D eigenvalue weighted by Gasteiger charge is -2.32. The number of benzene rings is 1. The molecule has 2 heterocycles. The van der Waals surface area contributed by atoms with Gasteiger partial charge in [-0.1, -0.05) is 35.9 Å². The van der Waals surface area contributed by atoms with E-state index in [1.807, 2.05) is 37.3 Å². The third-order valence-corrected chi connectivity index (χ3v) is 4.63. The lowest BCUT2D eigenvalue weighted by molar-refractivity contribution is -0.217. The van der Waals surface area contributed by atoms with E-state index < -0.39 is 0 Å². The van der Waals surface area contributed by atoms with Crippen LogP contribution in [0.3, 0.4) is 0 Å². The molecule has 1 aromatic rings. The van der Waals surface area contributed by atoms with Crippen molar-refractivity contribution in [1.82, 2.24) is 0 Å². The molecule has 0 aromatic heterocycles. The predicted molar refractivity (Wildman–Crippen MR) is 92.8 cm³/mol. The summed E-state index contributed by atoms with van der Waals surface area (Å²) in [5.74, 6) is 0.766. The summed E-state index contributed by atoms with van der Waals surface area (Å²) in [5, 5.41) is 0.719. The highest BCUT2D eigenvalue weighted by atomic mass is 35.5. The highest BCUT2D eigenvalue weighted by Gasteiger charge is 2.26. The molecule has 0 unspecified atom stereocenters. The SMILES string of the molecule is C/C=C/C1COC(CCC2COC(c3ccc(Cl)cc3)OC2)OC1. The summed E-state index contributed by atoms with van der Waals surface area (Å²) < 4.78 is 23.2. The van der Waals surface area contributed by atoms with Crippen molar-refractivity contribution in [2.75, 3.05) is 26.4 Å². The monoisotopic (exact) mass is 352 g/mol. The van der Waals surface area contributed by atoms with Gasteiger partial charge in [0.15, 0.2) is 12.6 Å². The molecular formula is C19H25ClO4. The summed E-state index contributed by atoms with van der Waals surface area (Å²) in [6.45, 7) is 4.89. The molecule has 2 aliphatic heterocycles. The fourth-order valence-electron chi connectivity index (χ4n) is 3.00. The quantitative estimate of drug-likeness (QED) is 0.738. The van der Waals surface area contributed by atoms with E-state index in [1.54, 1.807) is 0 Å². The van der Waals surface area contributed by atoms with E-state index in [-0.39, 0.29) is 12.6 Å². The zero-order chi connectivity index (χ0) is 16.8. The Kier molecular flexibility index (Phi) is 6.69. The molecule has 0 atom stereocenters. The van der Waals surface area contributed by atoms with E-state index in [2.05, 4.69) is 6.08 Å². The average Bonchev–Trinajstić information content (AvgIpc) is 2.63. The van der Waals surface area contributed by atoms with Crippen LogP contribution in [0.15, 0.2) is 36.4 Å². The number of hydrogen-bond acceptors (Lipinski definition) is 4. The highest BCUT2D eigenvalue weighted by molar-refractivity contribution is 6.30. The minimum atomic E-state index is -0.290. The molecule has 3 rings (SSSR count). The summed E-state index contributed by atoms with van der Waals surface area (Å²) in [6, 6.07) is 7.60. The van der Waals surface area contributed by atoms with Crippen LogP contribution in [0.1, 0.15) is 31.6 Å². The second-order valence-electron chi connectivity index (χ2n) is 6.38. The fraction of sp³-hybridized carbons (Fsp3) is 0.579. The van der Waals surface area contributed by atoms with Crippen LogP contribution in [0.25, 0.3) is 0 Å². The van der Waals surface area contributed by atoms with Crippen LogP contribution in [0.5, 0.6) is 0 Å². The number of halogens is 1. The van der Waals surface area contributed by atoms with E-state index in [1.165, 1.54) is 0 Å². The minimum Gasteiger partial charge on any atom is -0.352 e. The Bertz CT molecular complexity index is 515. The van der Waals surface area contributed by atoms with Crippen molar-refractivity contribution in [3.05, 3.63) is 47.0 Å². The highest BCUT2D eigenvalue weighted by Crippen LogP contribution is 2.28. The first-order valence-corrected chi connectivity index (χ1v) is 8.97. The van der Waals surface area contributed by atoms with Gasteiger partial charge < -0.3 is 18.9 Å². The van der Waals surface area contributed by atoms with Crippen molar-refractivity contribution >= 4 is 11.6 Å². The molecule has 0 aliphatic carbocycles. The molecular weight excluding hydrogens is 328 g/mol. The van der Waals surface area contributed by atoms with Crippen LogP contribution in [0, 0.1) is 11.8 Å². The van der Waals surface area contributed by atoms with Crippen LogP contribution in [-0.4, -0.2) is 32.7 Å².